The zero-order valence-corrected chi connectivity index (χ0v) is 12.9. The van der Waals surface area contributed by atoms with Crippen molar-refractivity contribution in [1.29, 1.82) is 0 Å². The van der Waals surface area contributed by atoms with Crippen LogP contribution in [0.2, 0.25) is 0 Å². The number of hydrogen-bond donors (Lipinski definition) is 1. The highest BCUT2D eigenvalue weighted by molar-refractivity contribution is 7.87. The Kier molecular flexibility index (Phi) is 5.26. The lowest BCUT2D eigenvalue weighted by atomic mass is 10.1. The van der Waals surface area contributed by atoms with Crippen LogP contribution in [0.25, 0.3) is 0 Å². The van der Waals surface area contributed by atoms with E-state index >= 15 is 0 Å². The molecule has 0 bridgehead atoms. The molecule has 0 radical (unpaired) electrons. The van der Waals surface area contributed by atoms with Crippen molar-refractivity contribution in [2.75, 3.05) is 12.5 Å². The van der Waals surface area contributed by atoms with Crippen molar-refractivity contribution in [3.05, 3.63) is 29.3 Å². The zero-order valence-electron chi connectivity index (χ0n) is 11.2. The van der Waals surface area contributed by atoms with Crippen LogP contribution in [-0.2, 0) is 25.0 Å². The van der Waals surface area contributed by atoms with Gasteiger partial charge in [0.05, 0.1) is 5.56 Å². The van der Waals surface area contributed by atoms with Gasteiger partial charge in [0, 0.05) is 6.16 Å². The molecule has 0 saturated carbocycles. The van der Waals surface area contributed by atoms with Gasteiger partial charge in [0.25, 0.3) is 10.1 Å². The first-order valence-corrected chi connectivity index (χ1v) is 9.21. The molecule has 5 nitrogen and oxygen atoms in total. The fourth-order valence-corrected chi connectivity index (χ4v) is 3.94. The van der Waals surface area contributed by atoms with E-state index in [0.717, 1.165) is 6.07 Å². The molecule has 0 aliphatic heterocycles. The summed E-state index contributed by atoms with van der Waals surface area (Å²) in [6.45, 7) is 2.52. The lowest BCUT2D eigenvalue weighted by Crippen LogP contribution is -2.17. The third-order valence-corrected chi connectivity index (χ3v) is 5.84. The second kappa shape index (κ2) is 6.08. The third-order valence-electron chi connectivity index (χ3n) is 2.67. The first-order valence-electron chi connectivity index (χ1n) is 5.78. The lowest BCUT2D eigenvalue weighted by Gasteiger charge is -2.16. The smallest absolute Gasteiger partial charge is 0.343 e. The molecular formula is C11H14F3O5PS. The molecule has 0 heterocycles. The van der Waals surface area contributed by atoms with Gasteiger partial charge in [0.1, 0.15) is 11.2 Å². The van der Waals surface area contributed by atoms with Crippen molar-refractivity contribution in [3.8, 4) is 0 Å². The Bertz CT molecular complexity index is 669. The minimum Gasteiger partial charge on any atom is -0.343 e. The van der Waals surface area contributed by atoms with Gasteiger partial charge in [-0.1, -0.05) is 19.1 Å². The predicted octanol–water partition coefficient (Wildman–Crippen LogP) is 2.97. The van der Waals surface area contributed by atoms with E-state index < -0.39 is 40.5 Å². The van der Waals surface area contributed by atoms with Gasteiger partial charge in [-0.2, -0.15) is 21.6 Å². The highest BCUT2D eigenvalue weighted by atomic mass is 32.2. The summed E-state index contributed by atoms with van der Waals surface area (Å²) in [6.07, 6.45) is -6.19. The van der Waals surface area contributed by atoms with Gasteiger partial charge < -0.3 is 4.89 Å². The molecule has 1 unspecified atom stereocenters. The summed E-state index contributed by atoms with van der Waals surface area (Å²) in [7, 11) is -8.64. The topological polar surface area (TPSA) is 80.7 Å². The van der Waals surface area contributed by atoms with Crippen LogP contribution in [0, 0.1) is 6.92 Å². The van der Waals surface area contributed by atoms with Crippen LogP contribution in [0.1, 0.15) is 18.1 Å². The van der Waals surface area contributed by atoms with Crippen LogP contribution in [0.3, 0.4) is 0 Å². The van der Waals surface area contributed by atoms with Crippen molar-refractivity contribution in [2.24, 2.45) is 0 Å². The minimum absolute atomic E-state index is 0.158. The summed E-state index contributed by atoms with van der Waals surface area (Å²) in [5.74, 6) is 0. The SMILES string of the molecule is CCP(=O)(O)COS(=O)(=O)c1c(C)cccc1C(F)(F)F. The monoisotopic (exact) mass is 346 g/mol. The van der Waals surface area contributed by atoms with Gasteiger partial charge in [-0.15, -0.1) is 0 Å². The van der Waals surface area contributed by atoms with E-state index in [2.05, 4.69) is 4.18 Å². The predicted molar refractivity (Wildman–Crippen MR) is 69.7 cm³/mol. The van der Waals surface area contributed by atoms with Gasteiger partial charge in [-0.3, -0.25) is 8.75 Å². The summed E-state index contributed by atoms with van der Waals surface area (Å²) in [5.41, 5.74) is -1.53. The molecule has 1 aromatic carbocycles. The average molecular weight is 346 g/mol. The van der Waals surface area contributed by atoms with Crippen molar-refractivity contribution >= 4 is 17.5 Å². The number of alkyl halides is 3. The Morgan fingerprint density at radius 2 is 1.90 bits per heavy atom. The van der Waals surface area contributed by atoms with Crippen LogP contribution in [0.15, 0.2) is 23.1 Å². The van der Waals surface area contributed by atoms with Crippen molar-refractivity contribution < 1.29 is 35.2 Å². The summed E-state index contributed by atoms with van der Waals surface area (Å²) < 4.78 is 78.2. The summed E-state index contributed by atoms with van der Waals surface area (Å²) in [6, 6.07) is 2.87. The molecule has 0 amide bonds. The Morgan fingerprint density at radius 1 is 1.33 bits per heavy atom. The first-order chi connectivity index (χ1) is 9.41. The Morgan fingerprint density at radius 3 is 2.38 bits per heavy atom. The lowest BCUT2D eigenvalue weighted by molar-refractivity contribution is -0.140. The molecule has 120 valence electrons. The maximum absolute atomic E-state index is 12.9. The fraction of sp³-hybridized carbons (Fsp3) is 0.455. The molecule has 1 aromatic rings. The van der Waals surface area contributed by atoms with Crippen LogP contribution in [0.4, 0.5) is 13.2 Å². The molecule has 0 aromatic heterocycles. The van der Waals surface area contributed by atoms with E-state index in [9.17, 15) is 31.0 Å². The average Bonchev–Trinajstić information content (AvgIpc) is 2.35. The Hall–Kier alpha value is -0.890. The van der Waals surface area contributed by atoms with E-state index in [0.29, 0.717) is 6.07 Å². The molecule has 1 N–H and O–H groups in total. The highest BCUT2D eigenvalue weighted by Gasteiger charge is 2.39. The summed E-state index contributed by atoms with van der Waals surface area (Å²) in [4.78, 5) is 8.24. The number of halogens is 3. The number of aryl methyl sites for hydroxylation is 1. The third kappa shape index (κ3) is 4.54. The largest absolute Gasteiger partial charge is 0.417 e. The van der Waals surface area contributed by atoms with Crippen molar-refractivity contribution in [3.63, 3.8) is 0 Å². The van der Waals surface area contributed by atoms with Crippen molar-refractivity contribution in [2.45, 2.75) is 24.9 Å². The highest BCUT2D eigenvalue weighted by Crippen LogP contribution is 2.42. The fourth-order valence-electron chi connectivity index (χ4n) is 1.51. The number of hydrogen-bond acceptors (Lipinski definition) is 4. The summed E-state index contributed by atoms with van der Waals surface area (Å²) >= 11 is 0. The van der Waals surface area contributed by atoms with E-state index in [1.54, 1.807) is 0 Å². The van der Waals surface area contributed by atoms with Gasteiger partial charge >= 0.3 is 6.18 Å². The standard InChI is InChI=1S/C11H14F3O5PS/c1-3-20(15,16)7-19-21(17,18)10-8(2)5-4-6-9(10)11(12,13)14/h4-6H,3,7H2,1-2H3,(H,15,16). The molecule has 21 heavy (non-hydrogen) atoms. The first kappa shape index (κ1) is 18.2. The van der Waals surface area contributed by atoms with E-state index in [-0.39, 0.29) is 11.7 Å². The van der Waals surface area contributed by atoms with Crippen LogP contribution >= 0.6 is 7.37 Å². The van der Waals surface area contributed by atoms with Gasteiger partial charge in [0.2, 0.25) is 7.37 Å². The number of benzene rings is 1. The van der Waals surface area contributed by atoms with Crippen LogP contribution in [0.5, 0.6) is 0 Å². The maximum atomic E-state index is 12.9. The summed E-state index contributed by atoms with van der Waals surface area (Å²) in [5, 5.41) is 0. The molecule has 0 aliphatic carbocycles. The second-order valence-corrected chi connectivity index (χ2v) is 8.45. The second-order valence-electron chi connectivity index (χ2n) is 4.31. The van der Waals surface area contributed by atoms with E-state index in [1.165, 1.54) is 19.9 Å². The van der Waals surface area contributed by atoms with Gasteiger partial charge in [0.15, 0.2) is 0 Å². The molecule has 10 heteroatoms. The van der Waals surface area contributed by atoms with Crippen LogP contribution in [-0.4, -0.2) is 25.8 Å². The molecule has 1 atom stereocenters. The van der Waals surface area contributed by atoms with Crippen LogP contribution < -0.4 is 0 Å². The molecule has 0 fully saturated rings. The number of rotatable bonds is 5. The normalized spacial score (nSPS) is 15.7. The molecule has 0 aliphatic rings. The molecule has 0 saturated heterocycles. The molecular weight excluding hydrogens is 332 g/mol. The van der Waals surface area contributed by atoms with E-state index in [1.807, 2.05) is 0 Å². The maximum Gasteiger partial charge on any atom is 0.417 e. The quantitative estimate of drug-likeness (QED) is 0.655. The van der Waals surface area contributed by atoms with Gasteiger partial charge in [-0.05, 0) is 18.6 Å². The zero-order chi connectivity index (χ0) is 16.5. The molecule has 1 rings (SSSR count). The van der Waals surface area contributed by atoms with E-state index in [4.69, 9.17) is 0 Å². The Balaban J connectivity index is 3.30. The van der Waals surface area contributed by atoms with Gasteiger partial charge in [-0.25, -0.2) is 0 Å². The minimum atomic E-state index is -4.88. The Labute approximate surface area is 120 Å². The molecule has 0 spiro atoms. The van der Waals surface area contributed by atoms with Crippen molar-refractivity contribution in [1.82, 2.24) is 0 Å².